The average Bonchev–Trinajstić information content (AvgIpc) is 2.64. The lowest BCUT2D eigenvalue weighted by Gasteiger charge is -2.26. The Balaban J connectivity index is 1.71. The normalized spacial score (nSPS) is 20.8. The monoisotopic (exact) mass is 369 g/mol. The van der Waals surface area contributed by atoms with Gasteiger partial charge in [-0.1, -0.05) is 77.0 Å². The van der Waals surface area contributed by atoms with Gasteiger partial charge in [-0.05, 0) is 25.7 Å². The van der Waals surface area contributed by atoms with E-state index in [4.69, 9.17) is 4.84 Å². The molecule has 3 nitrogen and oxygen atoms in total. The fourth-order valence-electron chi connectivity index (χ4n) is 4.44. The molecular formula is C23H49N2O+. The predicted molar refractivity (Wildman–Crippen MR) is 114 cm³/mol. The van der Waals surface area contributed by atoms with Gasteiger partial charge in [0.1, 0.15) is 0 Å². The van der Waals surface area contributed by atoms with Crippen molar-refractivity contribution in [3.63, 3.8) is 0 Å². The topological polar surface area (TPSA) is 16.9 Å². The van der Waals surface area contributed by atoms with Gasteiger partial charge in [0.05, 0.1) is 27.2 Å². The van der Waals surface area contributed by atoms with Gasteiger partial charge in [0.2, 0.25) is 0 Å². The SMILES string of the molecule is CON(C)CCCCCCCCCCCCCCCC1CCC[NH+](C)C1. The van der Waals surface area contributed by atoms with Crippen LogP contribution in [0, 0.1) is 5.92 Å². The summed E-state index contributed by atoms with van der Waals surface area (Å²) in [5.74, 6) is 1.03. The number of rotatable bonds is 17. The highest BCUT2D eigenvalue weighted by Gasteiger charge is 2.19. The lowest BCUT2D eigenvalue weighted by atomic mass is 9.92. The van der Waals surface area contributed by atoms with Gasteiger partial charge in [0, 0.05) is 19.5 Å². The van der Waals surface area contributed by atoms with Gasteiger partial charge in [-0.25, -0.2) is 0 Å². The van der Waals surface area contributed by atoms with E-state index in [-0.39, 0.29) is 0 Å². The van der Waals surface area contributed by atoms with Gasteiger partial charge in [-0.2, -0.15) is 5.06 Å². The second-order valence-electron chi connectivity index (χ2n) is 8.84. The number of nitrogens with zero attached hydrogens (tertiary/aromatic N) is 1. The van der Waals surface area contributed by atoms with Gasteiger partial charge in [-0.3, -0.25) is 0 Å². The van der Waals surface area contributed by atoms with Crippen LogP contribution >= 0.6 is 0 Å². The summed E-state index contributed by atoms with van der Waals surface area (Å²) in [6, 6.07) is 0. The zero-order valence-electron chi connectivity index (χ0n) is 18.4. The number of piperidine rings is 1. The highest BCUT2D eigenvalue weighted by molar-refractivity contribution is 4.61. The molecule has 1 aliphatic heterocycles. The molecule has 1 aliphatic rings. The van der Waals surface area contributed by atoms with E-state index in [1.165, 1.54) is 116 Å². The molecule has 0 aliphatic carbocycles. The molecule has 0 spiro atoms. The van der Waals surface area contributed by atoms with Crippen LogP contribution in [-0.2, 0) is 4.84 Å². The Morgan fingerprint density at radius 1 is 0.808 bits per heavy atom. The van der Waals surface area contributed by atoms with Crippen molar-refractivity contribution in [2.24, 2.45) is 5.92 Å². The second-order valence-corrected chi connectivity index (χ2v) is 8.84. The number of likely N-dealkylation sites (tertiary alicyclic amines) is 1. The van der Waals surface area contributed by atoms with Crippen LogP contribution in [0.15, 0.2) is 0 Å². The number of unbranched alkanes of at least 4 members (excludes halogenated alkanes) is 12. The van der Waals surface area contributed by atoms with Crippen LogP contribution in [0.2, 0.25) is 0 Å². The maximum Gasteiger partial charge on any atom is 0.0797 e. The Morgan fingerprint density at radius 2 is 1.31 bits per heavy atom. The highest BCUT2D eigenvalue weighted by Crippen LogP contribution is 2.17. The van der Waals surface area contributed by atoms with Crippen LogP contribution in [-0.4, -0.2) is 45.9 Å². The summed E-state index contributed by atoms with van der Waals surface area (Å²) in [5, 5.41) is 1.93. The van der Waals surface area contributed by atoms with E-state index in [0.717, 1.165) is 12.5 Å². The first-order valence-corrected chi connectivity index (χ1v) is 11.8. The summed E-state index contributed by atoms with van der Waals surface area (Å²) in [6.07, 6.45) is 23.1. The van der Waals surface area contributed by atoms with Crippen LogP contribution < -0.4 is 4.90 Å². The molecule has 2 unspecified atom stereocenters. The van der Waals surface area contributed by atoms with Crippen molar-refractivity contribution in [2.75, 3.05) is 40.8 Å². The summed E-state index contributed by atoms with van der Waals surface area (Å²) >= 11 is 0. The first kappa shape index (κ1) is 23.9. The van der Waals surface area contributed by atoms with Crippen molar-refractivity contribution < 1.29 is 9.74 Å². The van der Waals surface area contributed by atoms with Crippen LogP contribution in [0.1, 0.15) is 103 Å². The summed E-state index contributed by atoms with van der Waals surface area (Å²) < 4.78 is 0. The molecule has 1 heterocycles. The molecule has 2 atom stereocenters. The number of hydroxylamine groups is 2. The minimum atomic E-state index is 1.03. The van der Waals surface area contributed by atoms with E-state index >= 15 is 0 Å². The van der Waals surface area contributed by atoms with Crippen LogP contribution in [0.3, 0.4) is 0 Å². The van der Waals surface area contributed by atoms with E-state index in [9.17, 15) is 0 Å². The Hall–Kier alpha value is -0.120. The lowest BCUT2D eigenvalue weighted by molar-refractivity contribution is -0.888. The van der Waals surface area contributed by atoms with E-state index in [1.807, 2.05) is 12.1 Å². The molecule has 0 aromatic rings. The molecule has 0 radical (unpaired) electrons. The Labute approximate surface area is 164 Å². The first-order valence-electron chi connectivity index (χ1n) is 11.8. The molecule has 0 saturated carbocycles. The third kappa shape index (κ3) is 14.0. The van der Waals surface area contributed by atoms with E-state index in [1.54, 1.807) is 12.0 Å². The molecular weight excluding hydrogens is 320 g/mol. The standard InChI is InChI=1S/C23H48N2O/c1-24-20-17-19-23(22-24)18-15-13-11-9-7-5-4-6-8-10-12-14-16-21-25(2)26-3/h23H,4-22H2,1-3H3/p+1. The third-order valence-corrected chi connectivity index (χ3v) is 6.25. The molecule has 26 heavy (non-hydrogen) atoms. The van der Waals surface area contributed by atoms with Crippen molar-refractivity contribution >= 4 is 0 Å². The maximum absolute atomic E-state index is 5.13. The molecule has 0 amide bonds. The zero-order chi connectivity index (χ0) is 18.9. The van der Waals surface area contributed by atoms with Crippen LogP contribution in [0.4, 0.5) is 0 Å². The summed E-state index contributed by atoms with van der Waals surface area (Å²) in [6.45, 7) is 3.90. The predicted octanol–water partition coefficient (Wildman–Crippen LogP) is 4.87. The summed E-state index contributed by atoms with van der Waals surface area (Å²) in [4.78, 5) is 6.89. The van der Waals surface area contributed by atoms with Gasteiger partial charge in [-0.15, -0.1) is 0 Å². The smallest absolute Gasteiger partial charge is 0.0797 e. The molecule has 0 aromatic carbocycles. The maximum atomic E-state index is 5.13. The van der Waals surface area contributed by atoms with Gasteiger partial charge >= 0.3 is 0 Å². The van der Waals surface area contributed by atoms with Crippen LogP contribution in [0.5, 0.6) is 0 Å². The largest absolute Gasteiger partial charge is 0.337 e. The molecule has 1 fully saturated rings. The highest BCUT2D eigenvalue weighted by atomic mass is 16.7. The average molecular weight is 370 g/mol. The minimum Gasteiger partial charge on any atom is -0.337 e. The fraction of sp³-hybridized carbons (Fsp3) is 1.00. The molecule has 0 aromatic heterocycles. The summed E-state index contributed by atoms with van der Waals surface area (Å²) in [7, 11) is 6.13. The van der Waals surface area contributed by atoms with E-state index in [0.29, 0.717) is 0 Å². The van der Waals surface area contributed by atoms with Crippen molar-refractivity contribution in [1.29, 1.82) is 0 Å². The Morgan fingerprint density at radius 3 is 1.81 bits per heavy atom. The van der Waals surface area contributed by atoms with Gasteiger partial charge < -0.3 is 9.74 Å². The van der Waals surface area contributed by atoms with Crippen molar-refractivity contribution in [3.05, 3.63) is 0 Å². The van der Waals surface area contributed by atoms with Crippen molar-refractivity contribution in [3.8, 4) is 0 Å². The quantitative estimate of drug-likeness (QED) is 0.291. The molecule has 3 heteroatoms. The first-order chi connectivity index (χ1) is 12.7. The Kier molecular flexibility index (Phi) is 15.6. The van der Waals surface area contributed by atoms with Crippen LogP contribution in [0.25, 0.3) is 0 Å². The Bertz CT molecular complexity index is 298. The molecule has 1 saturated heterocycles. The van der Waals surface area contributed by atoms with Gasteiger partial charge in [0.25, 0.3) is 0 Å². The number of quaternary nitrogens is 1. The summed E-state index contributed by atoms with van der Waals surface area (Å²) in [5.41, 5.74) is 0. The third-order valence-electron chi connectivity index (χ3n) is 6.25. The number of hydrogen-bond donors (Lipinski definition) is 1. The molecule has 1 rings (SSSR count). The van der Waals surface area contributed by atoms with E-state index in [2.05, 4.69) is 7.05 Å². The molecule has 156 valence electrons. The number of hydrogen-bond acceptors (Lipinski definition) is 2. The van der Waals surface area contributed by atoms with Gasteiger partial charge in [0.15, 0.2) is 0 Å². The van der Waals surface area contributed by atoms with Crippen molar-refractivity contribution in [2.45, 2.75) is 103 Å². The fourth-order valence-corrected chi connectivity index (χ4v) is 4.44. The zero-order valence-corrected chi connectivity index (χ0v) is 18.4. The number of nitrogens with one attached hydrogen (secondary N) is 1. The minimum absolute atomic E-state index is 1.03. The molecule has 1 N–H and O–H groups in total. The van der Waals surface area contributed by atoms with Crippen molar-refractivity contribution in [1.82, 2.24) is 5.06 Å². The second kappa shape index (κ2) is 17.0. The lowest BCUT2D eigenvalue weighted by Crippen LogP contribution is -3.10. The van der Waals surface area contributed by atoms with E-state index < -0.39 is 0 Å². The molecule has 0 bridgehead atoms.